The summed E-state index contributed by atoms with van der Waals surface area (Å²) in [5.74, 6) is -0.434. The zero-order chi connectivity index (χ0) is 13.8. The summed E-state index contributed by atoms with van der Waals surface area (Å²) in [5, 5.41) is 0. The van der Waals surface area contributed by atoms with Crippen LogP contribution in [0.3, 0.4) is 0 Å². The monoisotopic (exact) mass is 278 g/mol. The predicted octanol–water partition coefficient (Wildman–Crippen LogP) is 1.93. The number of hydrogen-bond donors (Lipinski definition) is 0. The molecule has 0 saturated carbocycles. The Bertz CT molecular complexity index is 609. The Balaban J connectivity index is 2.07. The van der Waals surface area contributed by atoms with Gasteiger partial charge in [-0.1, -0.05) is 0 Å². The highest BCUT2D eigenvalue weighted by molar-refractivity contribution is 7.16. The van der Waals surface area contributed by atoms with Crippen LogP contribution in [0.25, 0.3) is 10.2 Å². The molecule has 0 saturated heterocycles. The number of ether oxygens (including phenoxy) is 1. The molecule has 0 atom stereocenters. The van der Waals surface area contributed by atoms with E-state index in [1.807, 2.05) is 12.1 Å². The lowest BCUT2D eigenvalue weighted by molar-refractivity contribution is -0.140. The third-order valence-electron chi connectivity index (χ3n) is 2.80. The summed E-state index contributed by atoms with van der Waals surface area (Å²) in [6.07, 6.45) is 0.196. The lowest BCUT2D eigenvalue weighted by atomic mass is 10.2. The third-order valence-corrected chi connectivity index (χ3v) is 3.60. The van der Waals surface area contributed by atoms with Gasteiger partial charge < -0.3 is 9.64 Å². The minimum absolute atomic E-state index is 0.112. The molecule has 1 amide bonds. The minimum atomic E-state index is -0.322. The van der Waals surface area contributed by atoms with Crippen molar-refractivity contribution in [3.05, 3.63) is 29.3 Å². The van der Waals surface area contributed by atoms with Gasteiger partial charge in [0.15, 0.2) is 0 Å². The number of benzene rings is 1. The van der Waals surface area contributed by atoms with Crippen molar-refractivity contribution in [1.29, 1.82) is 0 Å². The molecule has 1 heterocycles. The molecule has 5 nitrogen and oxygen atoms in total. The molecule has 0 aliphatic heterocycles. The number of amides is 1. The van der Waals surface area contributed by atoms with Gasteiger partial charge in [0, 0.05) is 19.2 Å². The van der Waals surface area contributed by atoms with Crippen LogP contribution in [0.2, 0.25) is 0 Å². The predicted molar refractivity (Wildman–Crippen MR) is 73.2 cm³/mol. The minimum Gasteiger partial charge on any atom is -0.469 e. The number of methoxy groups -OCH3 is 1. The Labute approximate surface area is 114 Å². The van der Waals surface area contributed by atoms with Gasteiger partial charge >= 0.3 is 5.97 Å². The second-order valence-electron chi connectivity index (χ2n) is 4.09. The maximum absolute atomic E-state index is 12.2. The number of aromatic nitrogens is 1. The molecular weight excluding hydrogens is 264 g/mol. The molecule has 0 fully saturated rings. The summed E-state index contributed by atoms with van der Waals surface area (Å²) in [7, 11) is 3.00. The van der Waals surface area contributed by atoms with Crippen molar-refractivity contribution in [2.24, 2.45) is 0 Å². The lowest BCUT2D eigenvalue weighted by Gasteiger charge is -2.16. The highest BCUT2D eigenvalue weighted by atomic mass is 32.1. The van der Waals surface area contributed by atoms with Gasteiger partial charge in [0.1, 0.15) is 0 Å². The van der Waals surface area contributed by atoms with E-state index in [4.69, 9.17) is 0 Å². The second kappa shape index (κ2) is 5.79. The Morgan fingerprint density at radius 2 is 2.21 bits per heavy atom. The number of rotatable bonds is 4. The highest BCUT2D eigenvalue weighted by Gasteiger charge is 2.14. The van der Waals surface area contributed by atoms with Crippen molar-refractivity contribution in [2.75, 3.05) is 20.7 Å². The fraction of sp³-hybridized carbons (Fsp3) is 0.308. The molecule has 0 bridgehead atoms. The highest BCUT2D eigenvalue weighted by Crippen LogP contribution is 2.19. The molecule has 2 aromatic rings. The van der Waals surface area contributed by atoms with Crippen LogP contribution in [0, 0.1) is 0 Å². The molecule has 0 aliphatic carbocycles. The van der Waals surface area contributed by atoms with Crippen LogP contribution < -0.4 is 0 Å². The van der Waals surface area contributed by atoms with Crippen LogP contribution in [-0.2, 0) is 9.53 Å². The van der Waals surface area contributed by atoms with Crippen LogP contribution in [0.4, 0.5) is 0 Å². The van der Waals surface area contributed by atoms with Gasteiger partial charge in [0.2, 0.25) is 0 Å². The molecule has 2 rings (SSSR count). The molecule has 0 radical (unpaired) electrons. The Morgan fingerprint density at radius 3 is 2.95 bits per heavy atom. The van der Waals surface area contributed by atoms with E-state index >= 15 is 0 Å². The zero-order valence-electron chi connectivity index (χ0n) is 10.8. The van der Waals surface area contributed by atoms with Crippen LogP contribution in [0.1, 0.15) is 16.8 Å². The molecule has 19 heavy (non-hydrogen) atoms. The van der Waals surface area contributed by atoms with Crippen LogP contribution in [-0.4, -0.2) is 42.5 Å². The Hall–Kier alpha value is -1.95. The number of nitrogens with zero attached hydrogens (tertiary/aromatic N) is 2. The summed E-state index contributed by atoms with van der Waals surface area (Å²) < 4.78 is 5.53. The summed E-state index contributed by atoms with van der Waals surface area (Å²) >= 11 is 1.50. The topological polar surface area (TPSA) is 59.5 Å². The summed E-state index contributed by atoms with van der Waals surface area (Å²) in [6, 6.07) is 5.40. The van der Waals surface area contributed by atoms with Gasteiger partial charge in [-0.05, 0) is 18.2 Å². The van der Waals surface area contributed by atoms with Crippen molar-refractivity contribution in [2.45, 2.75) is 6.42 Å². The van der Waals surface area contributed by atoms with Gasteiger partial charge in [-0.25, -0.2) is 4.98 Å². The van der Waals surface area contributed by atoms with Gasteiger partial charge in [-0.15, -0.1) is 11.3 Å². The molecule has 100 valence electrons. The Morgan fingerprint density at radius 1 is 1.42 bits per heavy atom. The first-order valence-electron chi connectivity index (χ1n) is 5.77. The Kier molecular flexibility index (Phi) is 4.11. The summed E-state index contributed by atoms with van der Waals surface area (Å²) in [6.45, 7) is 0.340. The standard InChI is InChI=1S/C13H14N2O3S/c1-15(6-5-12(16)18-2)13(17)9-3-4-10-11(7-9)19-8-14-10/h3-4,7-8H,5-6H2,1-2H3. The summed E-state index contributed by atoms with van der Waals surface area (Å²) in [5.41, 5.74) is 3.24. The van der Waals surface area contributed by atoms with Crippen LogP contribution in [0.5, 0.6) is 0 Å². The van der Waals surface area contributed by atoms with Crippen molar-refractivity contribution < 1.29 is 14.3 Å². The molecule has 1 aromatic heterocycles. The molecule has 6 heteroatoms. The van der Waals surface area contributed by atoms with E-state index in [-0.39, 0.29) is 18.3 Å². The number of fused-ring (bicyclic) bond motifs is 1. The first-order chi connectivity index (χ1) is 9.11. The third kappa shape index (κ3) is 3.08. The van der Waals surface area contributed by atoms with Gasteiger partial charge in [0.05, 0.1) is 29.3 Å². The number of thiazole rings is 1. The maximum atomic E-state index is 12.2. The molecule has 0 aliphatic rings. The number of hydrogen-bond acceptors (Lipinski definition) is 5. The lowest BCUT2D eigenvalue weighted by Crippen LogP contribution is -2.29. The van der Waals surface area contributed by atoms with E-state index in [0.717, 1.165) is 10.2 Å². The van der Waals surface area contributed by atoms with Crippen molar-refractivity contribution in [1.82, 2.24) is 9.88 Å². The summed E-state index contributed by atoms with van der Waals surface area (Å²) in [4.78, 5) is 28.9. The first-order valence-corrected chi connectivity index (χ1v) is 6.65. The van der Waals surface area contributed by atoms with E-state index in [9.17, 15) is 9.59 Å². The van der Waals surface area contributed by atoms with E-state index < -0.39 is 0 Å². The van der Waals surface area contributed by atoms with Gasteiger partial charge in [0.25, 0.3) is 5.91 Å². The van der Waals surface area contributed by atoms with E-state index in [0.29, 0.717) is 12.1 Å². The number of carbonyl (C=O) groups excluding carboxylic acids is 2. The van der Waals surface area contributed by atoms with Crippen LogP contribution in [0.15, 0.2) is 23.7 Å². The van der Waals surface area contributed by atoms with E-state index in [1.54, 1.807) is 18.6 Å². The van der Waals surface area contributed by atoms with E-state index in [2.05, 4.69) is 9.72 Å². The fourth-order valence-electron chi connectivity index (χ4n) is 1.67. The molecule has 0 N–H and O–H groups in total. The van der Waals surface area contributed by atoms with Gasteiger partial charge in [-0.2, -0.15) is 0 Å². The fourth-order valence-corrected chi connectivity index (χ4v) is 2.39. The molecule has 0 spiro atoms. The zero-order valence-corrected chi connectivity index (χ0v) is 11.6. The average molecular weight is 278 g/mol. The normalized spacial score (nSPS) is 10.4. The van der Waals surface area contributed by atoms with Crippen molar-refractivity contribution in [3.63, 3.8) is 0 Å². The number of carbonyl (C=O) groups is 2. The largest absolute Gasteiger partial charge is 0.469 e. The second-order valence-corrected chi connectivity index (χ2v) is 4.97. The average Bonchev–Trinajstić information content (AvgIpc) is 2.90. The maximum Gasteiger partial charge on any atom is 0.307 e. The smallest absolute Gasteiger partial charge is 0.307 e. The molecule has 1 aromatic carbocycles. The molecular formula is C13H14N2O3S. The SMILES string of the molecule is COC(=O)CCN(C)C(=O)c1ccc2ncsc2c1. The van der Waals surface area contributed by atoms with Gasteiger partial charge in [-0.3, -0.25) is 9.59 Å². The van der Waals surface area contributed by atoms with Crippen molar-refractivity contribution >= 4 is 33.4 Å². The van der Waals surface area contributed by atoms with Crippen molar-refractivity contribution in [3.8, 4) is 0 Å². The number of esters is 1. The molecule has 0 unspecified atom stereocenters. The first kappa shape index (κ1) is 13.5. The van der Waals surface area contributed by atoms with E-state index in [1.165, 1.54) is 23.3 Å². The quantitative estimate of drug-likeness (QED) is 0.802. The van der Waals surface area contributed by atoms with Crippen LogP contribution >= 0.6 is 11.3 Å².